The summed E-state index contributed by atoms with van der Waals surface area (Å²) in [4.78, 5) is 24.4. The van der Waals surface area contributed by atoms with E-state index in [1.54, 1.807) is 0 Å². The Morgan fingerprint density at radius 1 is 1.24 bits per heavy atom. The Balaban J connectivity index is 1.50. The van der Waals surface area contributed by atoms with Crippen LogP contribution in [0, 0.1) is 28.6 Å². The number of Topliss-reactive ketones (excluding diaryl/α,β-unsaturated/α-hetero) is 1. The molecule has 25 heavy (non-hydrogen) atoms. The second-order valence-corrected chi connectivity index (χ2v) is 9.58. The highest BCUT2D eigenvalue weighted by atomic mass is 16.6. The molecule has 0 aromatic rings. The van der Waals surface area contributed by atoms with Crippen LogP contribution in [0.4, 0.5) is 0 Å². The molecule has 0 aromatic carbocycles. The molecule has 1 heterocycles. The number of rotatable bonds is 2. The van der Waals surface area contributed by atoms with E-state index in [0.29, 0.717) is 30.0 Å². The topological polar surface area (TPSA) is 66.9 Å². The van der Waals surface area contributed by atoms with Crippen LogP contribution < -0.4 is 0 Å². The lowest BCUT2D eigenvalue weighted by atomic mass is 9.46. The summed E-state index contributed by atoms with van der Waals surface area (Å²) in [7, 11) is 0. The van der Waals surface area contributed by atoms with Gasteiger partial charge in [0.05, 0.1) is 6.10 Å². The molecule has 1 aliphatic heterocycles. The minimum absolute atomic E-state index is 0.0265. The lowest BCUT2D eigenvalue weighted by Gasteiger charge is -2.58. The zero-order valence-electron chi connectivity index (χ0n) is 15.2. The number of carbonyl (C=O) groups excluding carboxylic acids is 2. The molecule has 0 radical (unpaired) electrons. The summed E-state index contributed by atoms with van der Waals surface area (Å²) < 4.78 is 5.93. The van der Waals surface area contributed by atoms with Crippen LogP contribution in [0.3, 0.4) is 0 Å². The van der Waals surface area contributed by atoms with Gasteiger partial charge < -0.3 is 9.84 Å². The van der Waals surface area contributed by atoms with Gasteiger partial charge in [0, 0.05) is 11.8 Å². The summed E-state index contributed by atoms with van der Waals surface area (Å²) in [5.41, 5.74) is 0.728. The molecular formula is C21H28O4. The molecule has 0 spiro atoms. The maximum Gasteiger partial charge on any atom is 0.193 e. The Kier molecular flexibility index (Phi) is 3.13. The summed E-state index contributed by atoms with van der Waals surface area (Å²) in [5, 5.41) is 9.48. The number of ether oxygens (including phenoxy) is 1. The minimum atomic E-state index is -0.697. The van der Waals surface area contributed by atoms with Crippen LogP contribution in [0.25, 0.3) is 0 Å². The third-order valence-corrected chi connectivity index (χ3v) is 8.95. The van der Waals surface area contributed by atoms with E-state index in [1.807, 2.05) is 6.08 Å². The van der Waals surface area contributed by atoms with Crippen molar-refractivity contribution < 1.29 is 19.4 Å². The zero-order valence-corrected chi connectivity index (χ0v) is 15.2. The molecule has 0 amide bonds. The van der Waals surface area contributed by atoms with Gasteiger partial charge in [-0.05, 0) is 67.8 Å². The fourth-order valence-electron chi connectivity index (χ4n) is 7.59. The van der Waals surface area contributed by atoms with Crippen LogP contribution in [0.5, 0.6) is 0 Å². The molecule has 4 nitrogen and oxygen atoms in total. The Labute approximate surface area is 149 Å². The number of aliphatic hydroxyl groups is 1. The van der Waals surface area contributed by atoms with Gasteiger partial charge in [-0.1, -0.05) is 19.4 Å². The highest BCUT2D eigenvalue weighted by Crippen LogP contribution is 2.73. The fraction of sp³-hybridized carbons (Fsp3) is 0.810. The molecule has 5 rings (SSSR count). The van der Waals surface area contributed by atoms with Crippen molar-refractivity contribution in [2.45, 2.75) is 70.5 Å². The van der Waals surface area contributed by atoms with E-state index < -0.39 is 12.2 Å². The lowest BCUT2D eigenvalue weighted by molar-refractivity contribution is -0.141. The lowest BCUT2D eigenvalue weighted by Crippen LogP contribution is -2.55. The second-order valence-electron chi connectivity index (χ2n) is 9.58. The fourth-order valence-corrected chi connectivity index (χ4v) is 7.59. The van der Waals surface area contributed by atoms with Crippen LogP contribution >= 0.6 is 0 Å². The number of carbonyl (C=O) groups is 2. The van der Waals surface area contributed by atoms with Crippen molar-refractivity contribution in [3.8, 4) is 0 Å². The van der Waals surface area contributed by atoms with Crippen molar-refractivity contribution in [2.24, 2.45) is 28.6 Å². The maximum absolute atomic E-state index is 12.5. The monoisotopic (exact) mass is 344 g/mol. The molecule has 0 unspecified atom stereocenters. The molecule has 5 aliphatic rings. The molecule has 0 aromatic heterocycles. The molecule has 1 N–H and O–H groups in total. The van der Waals surface area contributed by atoms with Gasteiger partial charge in [0.25, 0.3) is 0 Å². The van der Waals surface area contributed by atoms with Crippen LogP contribution in [0.15, 0.2) is 11.6 Å². The SMILES string of the molecule is C[C@]12CC[C@@H]3[C@H](CCC4=CC(=O)CC[C@]43C)[C@@H]1C[C@H]1O[C@]12C(=O)CO. The third-order valence-electron chi connectivity index (χ3n) is 8.95. The van der Waals surface area contributed by atoms with Gasteiger partial charge in [0.1, 0.15) is 6.61 Å². The molecular weight excluding hydrogens is 316 g/mol. The van der Waals surface area contributed by atoms with Gasteiger partial charge in [-0.2, -0.15) is 0 Å². The average Bonchev–Trinajstić information content (AvgIpc) is 3.27. The number of allylic oxidation sites excluding steroid dienone is 1. The van der Waals surface area contributed by atoms with E-state index in [-0.39, 0.29) is 22.7 Å². The second kappa shape index (κ2) is 4.83. The predicted octanol–water partition coefficient (Wildman–Crippen LogP) is 2.83. The van der Waals surface area contributed by atoms with Gasteiger partial charge in [0.2, 0.25) is 0 Å². The van der Waals surface area contributed by atoms with E-state index in [4.69, 9.17) is 4.74 Å². The van der Waals surface area contributed by atoms with Crippen LogP contribution in [-0.2, 0) is 14.3 Å². The molecule has 0 bridgehead atoms. The normalized spacial score (nSPS) is 53.2. The molecule has 4 heteroatoms. The highest BCUT2D eigenvalue weighted by molar-refractivity contribution is 5.93. The predicted molar refractivity (Wildman–Crippen MR) is 91.8 cm³/mol. The van der Waals surface area contributed by atoms with E-state index in [2.05, 4.69) is 13.8 Å². The van der Waals surface area contributed by atoms with Gasteiger partial charge >= 0.3 is 0 Å². The number of epoxide rings is 1. The average molecular weight is 344 g/mol. The number of hydrogen-bond acceptors (Lipinski definition) is 4. The summed E-state index contributed by atoms with van der Waals surface area (Å²) >= 11 is 0. The van der Waals surface area contributed by atoms with Crippen molar-refractivity contribution in [1.82, 2.24) is 0 Å². The van der Waals surface area contributed by atoms with Crippen LogP contribution in [-0.4, -0.2) is 35.0 Å². The summed E-state index contributed by atoms with van der Waals surface area (Å²) in [6.45, 7) is 4.22. The van der Waals surface area contributed by atoms with E-state index in [0.717, 1.165) is 38.5 Å². The minimum Gasteiger partial charge on any atom is -0.388 e. The van der Waals surface area contributed by atoms with E-state index >= 15 is 0 Å². The van der Waals surface area contributed by atoms with Crippen molar-refractivity contribution >= 4 is 11.6 Å². The quantitative estimate of drug-likeness (QED) is 0.782. The molecule has 7 atom stereocenters. The third kappa shape index (κ3) is 1.76. The Morgan fingerprint density at radius 3 is 2.80 bits per heavy atom. The maximum atomic E-state index is 12.5. The van der Waals surface area contributed by atoms with Crippen molar-refractivity contribution in [1.29, 1.82) is 0 Å². The van der Waals surface area contributed by atoms with Gasteiger partial charge in [-0.3, -0.25) is 9.59 Å². The first-order valence-corrected chi connectivity index (χ1v) is 9.93. The zero-order chi connectivity index (χ0) is 17.6. The largest absolute Gasteiger partial charge is 0.388 e. The van der Waals surface area contributed by atoms with Gasteiger partial charge in [0.15, 0.2) is 17.2 Å². The van der Waals surface area contributed by atoms with Crippen molar-refractivity contribution in [2.75, 3.05) is 6.61 Å². The number of ketones is 2. The number of fused-ring (bicyclic) bond motifs is 7. The Hall–Kier alpha value is -1.00. The molecule has 1 saturated heterocycles. The first-order chi connectivity index (χ1) is 11.9. The molecule has 4 fully saturated rings. The molecule has 4 aliphatic carbocycles. The highest BCUT2D eigenvalue weighted by Gasteiger charge is 2.79. The first-order valence-electron chi connectivity index (χ1n) is 9.93. The number of aliphatic hydroxyl groups excluding tert-OH is 1. The van der Waals surface area contributed by atoms with Crippen molar-refractivity contribution in [3.05, 3.63) is 11.6 Å². The van der Waals surface area contributed by atoms with Crippen LogP contribution in [0.2, 0.25) is 0 Å². The van der Waals surface area contributed by atoms with Crippen LogP contribution in [0.1, 0.15) is 58.8 Å². The molecule has 3 saturated carbocycles. The van der Waals surface area contributed by atoms with Gasteiger partial charge in [-0.25, -0.2) is 0 Å². The number of hydrogen-bond donors (Lipinski definition) is 1. The standard InChI is InChI=1S/C21H28O4/c1-19-7-5-13(23)9-12(19)3-4-14-15(19)6-8-20(2)16(14)10-18-21(20,25-18)17(24)11-22/h9,14-16,18,22H,3-8,10-11H2,1-2H3/t14-,15+,16-,18+,19+,20-,21+/m0/s1. The summed E-state index contributed by atoms with van der Waals surface area (Å²) in [5.74, 6) is 1.95. The summed E-state index contributed by atoms with van der Waals surface area (Å²) in [6, 6.07) is 0. The molecule has 136 valence electrons. The smallest absolute Gasteiger partial charge is 0.193 e. The Bertz CT molecular complexity index is 696. The van der Waals surface area contributed by atoms with Gasteiger partial charge in [-0.15, -0.1) is 0 Å². The first kappa shape index (κ1) is 16.2. The Morgan fingerprint density at radius 2 is 2.04 bits per heavy atom. The van der Waals surface area contributed by atoms with E-state index in [9.17, 15) is 14.7 Å². The van der Waals surface area contributed by atoms with E-state index in [1.165, 1.54) is 5.57 Å². The summed E-state index contributed by atoms with van der Waals surface area (Å²) in [6.07, 6.45) is 8.88. The van der Waals surface area contributed by atoms with Crippen molar-refractivity contribution in [3.63, 3.8) is 0 Å².